The molecule has 136 valence electrons. The van der Waals surface area contributed by atoms with Crippen molar-refractivity contribution in [3.05, 3.63) is 22.9 Å². The fraction of sp³-hybridized carbons (Fsp3) is 0.667. The SMILES string of the molecule is CCCCCCCC(=O)OC(C)N1C=CC(Cl)=C(C(=O)NCC)C1. The molecular weight excluding hydrogens is 328 g/mol. The number of likely N-dealkylation sites (N-methyl/N-ethyl adjacent to an activating group) is 1. The molecule has 6 heteroatoms. The molecule has 1 aliphatic heterocycles. The Labute approximate surface area is 150 Å². The predicted octanol–water partition coefficient (Wildman–Crippen LogP) is 3.69. The fourth-order valence-corrected chi connectivity index (χ4v) is 2.66. The normalized spacial score (nSPS) is 15.4. The van der Waals surface area contributed by atoms with Crippen molar-refractivity contribution in [3.8, 4) is 0 Å². The summed E-state index contributed by atoms with van der Waals surface area (Å²) in [5, 5.41) is 3.16. The minimum absolute atomic E-state index is 0.189. The summed E-state index contributed by atoms with van der Waals surface area (Å²) >= 11 is 6.10. The van der Waals surface area contributed by atoms with Crippen molar-refractivity contribution < 1.29 is 14.3 Å². The maximum absolute atomic E-state index is 12.0. The number of carbonyl (C=O) groups is 2. The lowest BCUT2D eigenvalue weighted by Gasteiger charge is -2.30. The maximum atomic E-state index is 12.0. The first-order valence-corrected chi connectivity index (χ1v) is 9.17. The van der Waals surface area contributed by atoms with Gasteiger partial charge in [-0.2, -0.15) is 0 Å². The van der Waals surface area contributed by atoms with E-state index in [1.807, 2.05) is 6.92 Å². The second-order valence-electron chi connectivity index (χ2n) is 5.93. The summed E-state index contributed by atoms with van der Waals surface area (Å²) in [5.41, 5.74) is 0.489. The first kappa shape index (κ1) is 20.6. The Balaban J connectivity index is 2.43. The number of unbranched alkanes of at least 4 members (excludes halogenated alkanes) is 4. The number of amides is 1. The van der Waals surface area contributed by atoms with Crippen molar-refractivity contribution in [1.29, 1.82) is 0 Å². The molecule has 0 spiro atoms. The molecule has 0 fully saturated rings. The summed E-state index contributed by atoms with van der Waals surface area (Å²) in [6.07, 6.45) is 8.89. The minimum Gasteiger partial charge on any atom is -0.442 e. The van der Waals surface area contributed by atoms with Crippen LogP contribution in [-0.2, 0) is 14.3 Å². The lowest BCUT2D eigenvalue weighted by Crippen LogP contribution is -2.39. The molecule has 0 aromatic heterocycles. The molecule has 1 aliphatic rings. The van der Waals surface area contributed by atoms with Gasteiger partial charge < -0.3 is 15.0 Å². The van der Waals surface area contributed by atoms with Gasteiger partial charge >= 0.3 is 5.97 Å². The van der Waals surface area contributed by atoms with Gasteiger partial charge in [-0.05, 0) is 26.3 Å². The highest BCUT2D eigenvalue weighted by molar-refractivity contribution is 6.33. The average molecular weight is 357 g/mol. The quantitative estimate of drug-likeness (QED) is 0.479. The van der Waals surface area contributed by atoms with Gasteiger partial charge in [0.2, 0.25) is 0 Å². The van der Waals surface area contributed by atoms with Crippen molar-refractivity contribution in [1.82, 2.24) is 10.2 Å². The molecule has 24 heavy (non-hydrogen) atoms. The van der Waals surface area contributed by atoms with Gasteiger partial charge in [0.05, 0.1) is 17.2 Å². The molecule has 1 heterocycles. The van der Waals surface area contributed by atoms with Crippen LogP contribution in [-0.4, -0.2) is 36.1 Å². The van der Waals surface area contributed by atoms with E-state index in [1.54, 1.807) is 24.1 Å². The highest BCUT2D eigenvalue weighted by Crippen LogP contribution is 2.21. The van der Waals surface area contributed by atoms with Gasteiger partial charge in [-0.25, -0.2) is 0 Å². The third-order valence-electron chi connectivity index (χ3n) is 3.91. The van der Waals surface area contributed by atoms with E-state index in [2.05, 4.69) is 12.2 Å². The lowest BCUT2D eigenvalue weighted by molar-refractivity contribution is -0.155. The monoisotopic (exact) mass is 356 g/mol. The van der Waals surface area contributed by atoms with Crippen molar-refractivity contribution >= 4 is 23.5 Å². The summed E-state index contributed by atoms with van der Waals surface area (Å²) < 4.78 is 5.46. The lowest BCUT2D eigenvalue weighted by atomic mass is 10.1. The van der Waals surface area contributed by atoms with Crippen LogP contribution in [0.25, 0.3) is 0 Å². The molecule has 0 aromatic rings. The summed E-state index contributed by atoms with van der Waals surface area (Å²) in [4.78, 5) is 25.7. The Kier molecular flexibility index (Phi) is 9.53. The van der Waals surface area contributed by atoms with Crippen LogP contribution >= 0.6 is 11.6 Å². The van der Waals surface area contributed by atoms with E-state index < -0.39 is 6.23 Å². The molecule has 0 saturated heterocycles. The Morgan fingerprint density at radius 2 is 2.00 bits per heavy atom. The van der Waals surface area contributed by atoms with Gasteiger partial charge in [-0.1, -0.05) is 44.2 Å². The first-order chi connectivity index (χ1) is 11.5. The molecule has 1 unspecified atom stereocenters. The standard InChI is InChI=1S/C18H29ClN2O3/c1-4-6-7-8-9-10-17(22)24-14(3)21-12-11-16(19)15(13-21)18(23)20-5-2/h11-12,14H,4-10,13H2,1-3H3,(H,20,23). The van der Waals surface area contributed by atoms with Crippen molar-refractivity contribution in [2.45, 2.75) is 65.5 Å². The van der Waals surface area contributed by atoms with Gasteiger partial charge in [0, 0.05) is 19.2 Å². The first-order valence-electron chi connectivity index (χ1n) is 8.79. The largest absolute Gasteiger partial charge is 0.442 e. The van der Waals surface area contributed by atoms with Crippen molar-refractivity contribution in [3.63, 3.8) is 0 Å². The van der Waals surface area contributed by atoms with Gasteiger partial charge in [0.25, 0.3) is 5.91 Å². The van der Waals surface area contributed by atoms with Crippen LogP contribution in [0.3, 0.4) is 0 Å². The van der Waals surface area contributed by atoms with Crippen LogP contribution in [0.5, 0.6) is 0 Å². The van der Waals surface area contributed by atoms with Crippen LogP contribution in [0.1, 0.15) is 59.3 Å². The molecule has 1 N–H and O–H groups in total. The van der Waals surface area contributed by atoms with E-state index in [4.69, 9.17) is 16.3 Å². The van der Waals surface area contributed by atoms with Crippen LogP contribution in [0, 0.1) is 0 Å². The number of ether oxygens (including phenoxy) is 1. The van der Waals surface area contributed by atoms with Crippen molar-refractivity contribution in [2.24, 2.45) is 0 Å². The predicted molar refractivity (Wildman–Crippen MR) is 96.3 cm³/mol. The van der Waals surface area contributed by atoms with Crippen LogP contribution in [0.4, 0.5) is 0 Å². The zero-order valence-corrected chi connectivity index (χ0v) is 15.7. The molecule has 0 aromatic carbocycles. The average Bonchev–Trinajstić information content (AvgIpc) is 2.55. The molecule has 1 rings (SSSR count). The van der Waals surface area contributed by atoms with Crippen LogP contribution < -0.4 is 5.32 Å². The van der Waals surface area contributed by atoms with Gasteiger partial charge in [0.1, 0.15) is 0 Å². The number of hydrogen-bond donors (Lipinski definition) is 1. The summed E-state index contributed by atoms with van der Waals surface area (Å²) in [7, 11) is 0. The number of allylic oxidation sites excluding steroid dienone is 2. The molecule has 5 nitrogen and oxygen atoms in total. The Morgan fingerprint density at radius 1 is 1.29 bits per heavy atom. The van der Waals surface area contributed by atoms with Crippen LogP contribution in [0.2, 0.25) is 0 Å². The fourth-order valence-electron chi connectivity index (χ4n) is 2.46. The molecule has 1 amide bonds. The Morgan fingerprint density at radius 3 is 2.67 bits per heavy atom. The topological polar surface area (TPSA) is 58.6 Å². The molecule has 1 atom stereocenters. The molecule has 0 saturated carbocycles. The number of esters is 1. The highest BCUT2D eigenvalue weighted by atomic mass is 35.5. The number of hydrogen-bond acceptors (Lipinski definition) is 4. The number of nitrogens with zero attached hydrogens (tertiary/aromatic N) is 1. The smallest absolute Gasteiger partial charge is 0.307 e. The Hall–Kier alpha value is -1.49. The third kappa shape index (κ3) is 6.95. The summed E-state index contributed by atoms with van der Waals surface area (Å²) in [6.45, 7) is 6.68. The second kappa shape index (κ2) is 11.1. The maximum Gasteiger partial charge on any atom is 0.307 e. The molecule has 0 bridgehead atoms. The summed E-state index contributed by atoms with van der Waals surface area (Å²) in [5.74, 6) is -0.390. The van der Waals surface area contributed by atoms with Gasteiger partial charge in [0.15, 0.2) is 6.23 Å². The van der Waals surface area contributed by atoms with Gasteiger partial charge in [-0.3, -0.25) is 9.59 Å². The van der Waals surface area contributed by atoms with Gasteiger partial charge in [-0.15, -0.1) is 0 Å². The van der Waals surface area contributed by atoms with E-state index >= 15 is 0 Å². The third-order valence-corrected chi connectivity index (χ3v) is 4.26. The zero-order chi connectivity index (χ0) is 17.9. The van der Waals surface area contributed by atoms with E-state index in [1.165, 1.54) is 12.8 Å². The Bertz CT molecular complexity index is 489. The van der Waals surface area contributed by atoms with E-state index in [-0.39, 0.29) is 11.9 Å². The van der Waals surface area contributed by atoms with Crippen molar-refractivity contribution in [2.75, 3.05) is 13.1 Å². The van der Waals surface area contributed by atoms with E-state index in [0.29, 0.717) is 30.1 Å². The number of carbonyl (C=O) groups excluding carboxylic acids is 2. The number of nitrogens with one attached hydrogen (secondary N) is 1. The molecule has 0 radical (unpaired) electrons. The van der Waals surface area contributed by atoms with E-state index in [9.17, 15) is 9.59 Å². The summed E-state index contributed by atoms with van der Waals surface area (Å²) in [6, 6.07) is 0. The highest BCUT2D eigenvalue weighted by Gasteiger charge is 2.23. The number of halogens is 1. The van der Waals surface area contributed by atoms with Crippen LogP contribution in [0.15, 0.2) is 22.9 Å². The van der Waals surface area contributed by atoms with E-state index in [0.717, 1.165) is 19.3 Å². The minimum atomic E-state index is -0.432. The zero-order valence-electron chi connectivity index (χ0n) is 14.9. The molecular formula is C18H29ClN2O3. The second-order valence-corrected chi connectivity index (χ2v) is 6.33. The molecule has 0 aliphatic carbocycles. The number of rotatable bonds is 10.